The van der Waals surface area contributed by atoms with Crippen molar-refractivity contribution in [2.45, 2.75) is 38.0 Å². The van der Waals surface area contributed by atoms with Crippen LogP contribution < -0.4 is 25.4 Å². The van der Waals surface area contributed by atoms with Gasteiger partial charge in [0.2, 0.25) is 11.8 Å². The molecule has 8 heteroatoms. The molecule has 2 aromatic rings. The molecule has 2 amide bonds. The van der Waals surface area contributed by atoms with Crippen LogP contribution in [0.15, 0.2) is 36.4 Å². The molecule has 2 aliphatic rings. The van der Waals surface area contributed by atoms with Crippen molar-refractivity contribution in [3.05, 3.63) is 47.5 Å². The minimum Gasteiger partial charge on any atom is -0.497 e. The Kier molecular flexibility index (Phi) is 5.36. The van der Waals surface area contributed by atoms with E-state index in [0.717, 1.165) is 11.1 Å². The van der Waals surface area contributed by atoms with Crippen LogP contribution in [-0.2, 0) is 15.1 Å². The molecule has 0 aliphatic carbocycles. The fraction of sp³-hybridized carbons (Fsp3) is 0.391. The predicted octanol–water partition coefficient (Wildman–Crippen LogP) is 2.16. The van der Waals surface area contributed by atoms with Gasteiger partial charge in [-0.15, -0.1) is 0 Å². The molecule has 31 heavy (non-hydrogen) atoms. The van der Waals surface area contributed by atoms with Gasteiger partial charge >= 0.3 is 0 Å². The van der Waals surface area contributed by atoms with Crippen LogP contribution in [-0.4, -0.2) is 43.3 Å². The Hall–Kier alpha value is -3.10. The zero-order chi connectivity index (χ0) is 22.3. The molecule has 1 fully saturated rings. The van der Waals surface area contributed by atoms with Gasteiger partial charge in [0.15, 0.2) is 0 Å². The lowest BCUT2D eigenvalue weighted by atomic mass is 9.79. The second-order valence-electron chi connectivity index (χ2n) is 8.09. The molecule has 0 saturated carbocycles. The summed E-state index contributed by atoms with van der Waals surface area (Å²) in [5, 5.41) is 19.4. The molecule has 8 nitrogen and oxygen atoms in total. The van der Waals surface area contributed by atoms with Crippen LogP contribution in [0.3, 0.4) is 0 Å². The van der Waals surface area contributed by atoms with Gasteiger partial charge in [0, 0.05) is 23.4 Å². The van der Waals surface area contributed by atoms with E-state index in [1.807, 2.05) is 25.1 Å². The number of fused-ring (bicyclic) bond motifs is 2. The highest BCUT2D eigenvalue weighted by atomic mass is 16.5. The number of methoxy groups -OCH3 is 2. The molecule has 4 N–H and O–H groups in total. The van der Waals surface area contributed by atoms with Gasteiger partial charge in [-0.2, -0.15) is 0 Å². The van der Waals surface area contributed by atoms with Gasteiger partial charge in [0.1, 0.15) is 17.0 Å². The number of amides is 2. The van der Waals surface area contributed by atoms with Crippen molar-refractivity contribution in [1.29, 1.82) is 0 Å². The summed E-state index contributed by atoms with van der Waals surface area (Å²) in [6, 6.07) is 10.3. The molecule has 0 aromatic heterocycles. The summed E-state index contributed by atoms with van der Waals surface area (Å²) in [6.07, 6.45) is -0.431. The van der Waals surface area contributed by atoms with Crippen LogP contribution in [0.5, 0.6) is 11.5 Å². The van der Waals surface area contributed by atoms with Crippen LogP contribution in [0.2, 0.25) is 0 Å². The second-order valence-corrected chi connectivity index (χ2v) is 8.09. The predicted molar refractivity (Wildman–Crippen MR) is 116 cm³/mol. The Morgan fingerprint density at radius 3 is 2.71 bits per heavy atom. The Balaban J connectivity index is 1.76. The molecule has 0 radical (unpaired) electrons. The summed E-state index contributed by atoms with van der Waals surface area (Å²) in [6.45, 7) is 3.57. The van der Waals surface area contributed by atoms with Crippen molar-refractivity contribution >= 4 is 23.2 Å². The van der Waals surface area contributed by atoms with Crippen LogP contribution >= 0.6 is 0 Å². The molecule has 4 atom stereocenters. The number of hydrogen-bond donors (Lipinski definition) is 4. The first-order valence-corrected chi connectivity index (χ1v) is 10.2. The van der Waals surface area contributed by atoms with Crippen molar-refractivity contribution in [3.63, 3.8) is 0 Å². The largest absolute Gasteiger partial charge is 0.497 e. The van der Waals surface area contributed by atoms with E-state index in [1.54, 1.807) is 32.2 Å². The zero-order valence-corrected chi connectivity index (χ0v) is 18.0. The van der Waals surface area contributed by atoms with E-state index in [4.69, 9.17) is 9.47 Å². The van der Waals surface area contributed by atoms with E-state index in [0.29, 0.717) is 29.3 Å². The Morgan fingerprint density at radius 2 is 2.03 bits per heavy atom. The normalized spacial score (nSPS) is 25.1. The molecule has 1 spiro atoms. The number of aliphatic hydroxyl groups excluding tert-OH is 1. The Labute approximate surface area is 180 Å². The molecule has 164 valence electrons. The van der Waals surface area contributed by atoms with Gasteiger partial charge in [0.25, 0.3) is 0 Å². The summed E-state index contributed by atoms with van der Waals surface area (Å²) in [4.78, 5) is 26.8. The molecule has 0 unspecified atom stereocenters. The van der Waals surface area contributed by atoms with Gasteiger partial charge < -0.3 is 25.2 Å². The summed E-state index contributed by atoms with van der Waals surface area (Å²) in [7, 11) is 3.06. The number of aliphatic hydroxyl groups is 1. The molecule has 0 bridgehead atoms. The Bertz CT molecular complexity index is 1040. The van der Waals surface area contributed by atoms with Gasteiger partial charge in [0.05, 0.1) is 31.9 Å². The fourth-order valence-corrected chi connectivity index (χ4v) is 4.62. The molecule has 2 aromatic carbocycles. The number of carbonyl (C=O) groups excluding carboxylic acids is 2. The minimum absolute atomic E-state index is 0.294. The highest BCUT2D eigenvalue weighted by Crippen LogP contribution is 2.48. The van der Waals surface area contributed by atoms with Gasteiger partial charge in [-0.05, 0) is 38.0 Å². The number of anilines is 2. The molecule has 4 rings (SSSR count). The minimum atomic E-state index is -1.26. The first-order valence-electron chi connectivity index (χ1n) is 10.2. The third kappa shape index (κ3) is 3.32. The van der Waals surface area contributed by atoms with E-state index in [9.17, 15) is 14.7 Å². The van der Waals surface area contributed by atoms with Crippen molar-refractivity contribution < 1.29 is 24.2 Å². The number of ether oxygens (including phenoxy) is 2. The SMILES string of the molecule is COc1ccc(OC)c(NC(=O)[C@H]2C[C@H]([C@H](C)O)N[C@]23C(=O)Nc2c(C)cccc23)c1. The molecule has 2 heterocycles. The van der Waals surface area contributed by atoms with Gasteiger partial charge in [-0.3, -0.25) is 14.9 Å². The summed E-state index contributed by atoms with van der Waals surface area (Å²) in [5.41, 5.74) is 1.53. The first-order chi connectivity index (χ1) is 14.8. The molecule has 1 saturated heterocycles. The maximum Gasteiger partial charge on any atom is 0.250 e. The van der Waals surface area contributed by atoms with Crippen LogP contribution in [0.1, 0.15) is 24.5 Å². The van der Waals surface area contributed by atoms with E-state index in [2.05, 4.69) is 16.0 Å². The fourth-order valence-electron chi connectivity index (χ4n) is 4.62. The van der Waals surface area contributed by atoms with Crippen LogP contribution in [0.25, 0.3) is 0 Å². The smallest absolute Gasteiger partial charge is 0.250 e. The monoisotopic (exact) mass is 425 g/mol. The van der Waals surface area contributed by atoms with Crippen LogP contribution in [0.4, 0.5) is 11.4 Å². The van der Waals surface area contributed by atoms with Crippen molar-refractivity contribution in [2.75, 3.05) is 24.9 Å². The number of aryl methyl sites for hydroxylation is 1. The van der Waals surface area contributed by atoms with Gasteiger partial charge in [-0.1, -0.05) is 18.2 Å². The lowest BCUT2D eigenvalue weighted by Gasteiger charge is -2.29. The molecular weight excluding hydrogens is 398 g/mol. The summed E-state index contributed by atoms with van der Waals surface area (Å²) in [5.74, 6) is -0.333. The van der Waals surface area contributed by atoms with Gasteiger partial charge in [-0.25, -0.2) is 0 Å². The van der Waals surface area contributed by atoms with E-state index in [1.165, 1.54) is 7.11 Å². The highest BCUT2D eigenvalue weighted by molar-refractivity contribution is 6.11. The van der Waals surface area contributed by atoms with E-state index in [-0.39, 0.29) is 11.8 Å². The number of nitrogens with one attached hydrogen (secondary N) is 3. The van der Waals surface area contributed by atoms with Crippen LogP contribution in [0, 0.1) is 12.8 Å². The van der Waals surface area contributed by atoms with Crippen molar-refractivity contribution in [1.82, 2.24) is 5.32 Å². The molecular formula is C23H27N3O5. The molecule has 2 aliphatic heterocycles. The second kappa shape index (κ2) is 7.86. The first kappa shape index (κ1) is 21.1. The number of hydrogen-bond acceptors (Lipinski definition) is 6. The average molecular weight is 425 g/mol. The van der Waals surface area contributed by atoms with Crippen molar-refractivity contribution in [3.8, 4) is 11.5 Å². The number of para-hydroxylation sites is 1. The number of carbonyl (C=O) groups is 2. The number of benzene rings is 2. The van der Waals surface area contributed by atoms with Crippen molar-refractivity contribution in [2.24, 2.45) is 5.92 Å². The number of rotatable bonds is 5. The Morgan fingerprint density at radius 1 is 1.26 bits per heavy atom. The lowest BCUT2D eigenvalue weighted by Crippen LogP contribution is -2.53. The third-order valence-corrected chi connectivity index (χ3v) is 6.28. The van der Waals surface area contributed by atoms with E-state index >= 15 is 0 Å². The lowest BCUT2D eigenvalue weighted by molar-refractivity contribution is -0.130. The maximum atomic E-state index is 13.5. The maximum absolute atomic E-state index is 13.5. The quantitative estimate of drug-likeness (QED) is 0.585. The zero-order valence-electron chi connectivity index (χ0n) is 18.0. The topological polar surface area (TPSA) is 109 Å². The summed E-state index contributed by atoms with van der Waals surface area (Å²) < 4.78 is 10.6. The third-order valence-electron chi connectivity index (χ3n) is 6.28. The highest BCUT2D eigenvalue weighted by Gasteiger charge is 2.60. The van der Waals surface area contributed by atoms with E-state index < -0.39 is 23.6 Å². The standard InChI is InChI=1S/C23H27N3O5/c1-12-6-5-7-15-20(12)25-22(29)23(15)16(11-17(26-23)13(2)27)21(28)24-18-10-14(30-3)8-9-19(18)31-4/h5-10,13,16-17,26-27H,11H2,1-4H3,(H,24,28)(H,25,29)/t13-,16+,17+,23-/m0/s1. The average Bonchev–Trinajstić information content (AvgIpc) is 3.29. The summed E-state index contributed by atoms with van der Waals surface area (Å²) >= 11 is 0.